The summed E-state index contributed by atoms with van der Waals surface area (Å²) in [5, 5.41) is 12.7. The molecule has 164 valence electrons. The van der Waals surface area contributed by atoms with Gasteiger partial charge in [0.25, 0.3) is 10.0 Å². The van der Waals surface area contributed by atoms with Crippen LogP contribution in [-0.4, -0.2) is 44.8 Å². The Kier molecular flexibility index (Phi) is 7.93. The van der Waals surface area contributed by atoms with Crippen molar-refractivity contribution < 1.29 is 17.9 Å². The van der Waals surface area contributed by atoms with Gasteiger partial charge in [0.05, 0.1) is 18.0 Å². The van der Waals surface area contributed by atoms with Gasteiger partial charge < -0.3 is 15.8 Å². The van der Waals surface area contributed by atoms with Crippen LogP contribution in [0.3, 0.4) is 0 Å². The van der Waals surface area contributed by atoms with Gasteiger partial charge in [-0.25, -0.2) is 18.1 Å². The fourth-order valence-corrected chi connectivity index (χ4v) is 5.16. The number of sulfonamides is 1. The van der Waals surface area contributed by atoms with E-state index in [2.05, 4.69) is 15.0 Å². The molecule has 9 nitrogen and oxygen atoms in total. The number of ether oxygens (including phenoxy) is 1. The molecule has 0 fully saturated rings. The third-order valence-corrected chi connectivity index (χ3v) is 7.10. The monoisotopic (exact) mass is 453 g/mol. The van der Waals surface area contributed by atoms with Crippen LogP contribution in [-0.2, 0) is 10.0 Å². The Labute approximate surface area is 180 Å². The number of hydrogen-bond acceptors (Lipinski definition) is 8. The number of carbonyl (C=O) groups is 1. The lowest BCUT2D eigenvalue weighted by Gasteiger charge is -2.18. The highest BCUT2D eigenvalue weighted by Crippen LogP contribution is 2.30. The van der Waals surface area contributed by atoms with Gasteiger partial charge in [-0.3, -0.25) is 10.2 Å². The van der Waals surface area contributed by atoms with E-state index in [1.54, 1.807) is 38.4 Å². The van der Waals surface area contributed by atoms with E-state index in [1.807, 2.05) is 0 Å². The number of carbonyl (C=O) groups excluding carboxylic acids is 1. The first-order valence-electron chi connectivity index (χ1n) is 9.27. The number of methoxy groups -OCH3 is 1. The van der Waals surface area contributed by atoms with Gasteiger partial charge in [-0.1, -0.05) is 0 Å². The Bertz CT molecular complexity index is 1020. The van der Waals surface area contributed by atoms with Crippen molar-refractivity contribution in [3.63, 3.8) is 0 Å². The molecule has 1 aromatic heterocycles. The topological polar surface area (TPSA) is 147 Å². The zero-order valence-electron chi connectivity index (χ0n) is 17.4. The molecule has 0 aliphatic rings. The largest absolute Gasteiger partial charge is 0.496 e. The van der Waals surface area contributed by atoms with E-state index in [9.17, 15) is 13.2 Å². The van der Waals surface area contributed by atoms with Gasteiger partial charge >= 0.3 is 0 Å². The molecule has 0 saturated heterocycles. The average Bonchev–Trinajstić information content (AvgIpc) is 3.21. The highest BCUT2D eigenvalue weighted by atomic mass is 32.2. The molecule has 11 heteroatoms. The number of nitrogens with two attached hydrogens (primary N) is 1. The Morgan fingerprint density at radius 1 is 1.33 bits per heavy atom. The van der Waals surface area contributed by atoms with E-state index in [0.29, 0.717) is 41.3 Å². The number of rotatable bonds is 9. The second-order valence-electron chi connectivity index (χ2n) is 6.83. The van der Waals surface area contributed by atoms with Crippen LogP contribution in [0.4, 0.5) is 0 Å². The molecule has 1 heterocycles. The molecular weight excluding hydrogens is 426 g/mol. The summed E-state index contributed by atoms with van der Waals surface area (Å²) in [4.78, 5) is 16.2. The second kappa shape index (κ2) is 10.0. The van der Waals surface area contributed by atoms with E-state index in [1.165, 1.54) is 18.4 Å². The third-order valence-electron chi connectivity index (χ3n) is 4.68. The van der Waals surface area contributed by atoms with Crippen LogP contribution in [0, 0.1) is 26.2 Å². The summed E-state index contributed by atoms with van der Waals surface area (Å²) in [6, 6.07) is 0.978. The SMILES string of the molecule is COc1cc(C)c(S(=O)(=O)NC(=N)NCCC[C@@H](N)C(=O)c2nccs2)c(C)c1C. The summed E-state index contributed by atoms with van der Waals surface area (Å²) in [5.41, 5.74) is 7.71. The number of nitrogens with one attached hydrogen (secondary N) is 3. The molecule has 1 aromatic carbocycles. The van der Waals surface area contributed by atoms with Crippen molar-refractivity contribution in [3.8, 4) is 5.75 Å². The molecule has 0 aliphatic carbocycles. The van der Waals surface area contributed by atoms with E-state index in [0.717, 1.165) is 5.56 Å². The smallest absolute Gasteiger partial charge is 0.264 e. The lowest BCUT2D eigenvalue weighted by molar-refractivity contribution is 0.0956. The molecule has 0 amide bonds. The molecule has 0 spiro atoms. The quantitative estimate of drug-likeness (QED) is 0.196. The normalized spacial score (nSPS) is 12.3. The predicted molar refractivity (Wildman–Crippen MR) is 117 cm³/mol. The molecule has 30 heavy (non-hydrogen) atoms. The number of ketones is 1. The van der Waals surface area contributed by atoms with E-state index < -0.39 is 16.1 Å². The lowest BCUT2D eigenvalue weighted by Crippen LogP contribution is -2.41. The van der Waals surface area contributed by atoms with Crippen molar-refractivity contribution >= 4 is 33.1 Å². The van der Waals surface area contributed by atoms with Gasteiger partial charge in [0.1, 0.15) is 5.75 Å². The summed E-state index contributed by atoms with van der Waals surface area (Å²) < 4.78 is 33.1. The van der Waals surface area contributed by atoms with Crippen LogP contribution < -0.4 is 20.5 Å². The Balaban J connectivity index is 1.92. The summed E-state index contributed by atoms with van der Waals surface area (Å²) in [6.07, 6.45) is 2.43. The molecule has 5 N–H and O–H groups in total. The maximum Gasteiger partial charge on any atom is 0.264 e. The van der Waals surface area contributed by atoms with E-state index in [-0.39, 0.29) is 16.6 Å². The minimum Gasteiger partial charge on any atom is -0.496 e. The van der Waals surface area contributed by atoms with Crippen molar-refractivity contribution in [2.75, 3.05) is 13.7 Å². The summed E-state index contributed by atoms with van der Waals surface area (Å²) in [5.74, 6) is 0.0458. The number of benzene rings is 1. The maximum absolute atomic E-state index is 12.8. The molecule has 2 aromatic rings. The summed E-state index contributed by atoms with van der Waals surface area (Å²) >= 11 is 1.24. The van der Waals surface area contributed by atoms with E-state index in [4.69, 9.17) is 15.9 Å². The molecular formula is C19H27N5O4S2. The molecule has 2 rings (SSSR count). The highest BCUT2D eigenvalue weighted by Gasteiger charge is 2.24. The zero-order valence-corrected chi connectivity index (χ0v) is 19.0. The number of aromatic nitrogens is 1. The van der Waals surface area contributed by atoms with Crippen LogP contribution in [0.5, 0.6) is 5.75 Å². The molecule has 0 unspecified atom stereocenters. The lowest BCUT2D eigenvalue weighted by atomic mass is 10.1. The minimum atomic E-state index is -3.94. The molecule has 0 bridgehead atoms. The van der Waals surface area contributed by atoms with Crippen LogP contribution in [0.1, 0.15) is 39.3 Å². The van der Waals surface area contributed by atoms with E-state index >= 15 is 0 Å². The second-order valence-corrected chi connectivity index (χ2v) is 9.35. The molecule has 0 radical (unpaired) electrons. The van der Waals surface area contributed by atoms with Gasteiger partial charge in [0, 0.05) is 18.1 Å². The molecule has 1 atom stereocenters. The number of aryl methyl sites for hydroxylation is 1. The highest BCUT2D eigenvalue weighted by molar-refractivity contribution is 7.90. The van der Waals surface area contributed by atoms with Gasteiger partial charge in [-0.05, 0) is 56.4 Å². The molecule has 0 saturated carbocycles. The Hall–Kier alpha value is -2.50. The van der Waals surface area contributed by atoms with Crippen LogP contribution in [0.25, 0.3) is 0 Å². The number of guanidine groups is 1. The maximum atomic E-state index is 12.8. The molecule has 0 aliphatic heterocycles. The third kappa shape index (κ3) is 5.55. The zero-order chi connectivity index (χ0) is 22.5. The van der Waals surface area contributed by atoms with Crippen molar-refractivity contribution in [2.24, 2.45) is 5.73 Å². The Morgan fingerprint density at radius 3 is 2.63 bits per heavy atom. The summed E-state index contributed by atoms with van der Waals surface area (Å²) in [6.45, 7) is 5.46. The Morgan fingerprint density at radius 2 is 2.03 bits per heavy atom. The first-order valence-corrected chi connectivity index (χ1v) is 11.6. The van der Waals surface area contributed by atoms with Crippen LogP contribution >= 0.6 is 11.3 Å². The van der Waals surface area contributed by atoms with Crippen molar-refractivity contribution in [1.82, 2.24) is 15.0 Å². The van der Waals surface area contributed by atoms with Gasteiger partial charge in [-0.15, -0.1) is 11.3 Å². The minimum absolute atomic E-state index is 0.128. The summed E-state index contributed by atoms with van der Waals surface area (Å²) in [7, 11) is -2.41. The number of hydrogen-bond donors (Lipinski definition) is 4. The fourth-order valence-electron chi connectivity index (χ4n) is 3.04. The number of Topliss-reactive ketones (excluding diaryl/α,β-unsaturated/α-hetero) is 1. The van der Waals surface area contributed by atoms with Crippen molar-refractivity contribution in [2.45, 2.75) is 44.6 Å². The van der Waals surface area contributed by atoms with Crippen molar-refractivity contribution in [3.05, 3.63) is 39.3 Å². The van der Waals surface area contributed by atoms with Gasteiger partial charge in [0.15, 0.2) is 5.01 Å². The fraction of sp³-hybridized carbons (Fsp3) is 0.421. The predicted octanol–water partition coefficient (Wildman–Crippen LogP) is 1.87. The standard InChI is InChI=1S/C19H27N5O4S2/c1-11-10-15(28-4)12(2)13(3)17(11)30(26,27)24-19(21)23-7-5-6-14(20)16(25)18-22-8-9-29-18/h8-10,14H,5-7,20H2,1-4H3,(H3,21,23,24)/t14-/m1/s1. The van der Waals surface area contributed by atoms with Gasteiger partial charge in [0.2, 0.25) is 11.7 Å². The number of thiazole rings is 1. The van der Waals surface area contributed by atoms with Crippen LogP contribution in [0.2, 0.25) is 0 Å². The van der Waals surface area contributed by atoms with Gasteiger partial charge in [-0.2, -0.15) is 0 Å². The first kappa shape index (κ1) is 23.8. The first-order chi connectivity index (χ1) is 14.1. The number of nitrogens with zero attached hydrogens (tertiary/aromatic N) is 1. The van der Waals surface area contributed by atoms with Crippen LogP contribution in [0.15, 0.2) is 22.5 Å². The van der Waals surface area contributed by atoms with Crippen molar-refractivity contribution in [1.29, 1.82) is 5.41 Å². The average molecular weight is 454 g/mol.